The molecular weight excluding hydrogens is 620 g/mol. The number of aromatic hydroxyl groups is 1. The van der Waals surface area contributed by atoms with E-state index in [0.717, 1.165) is 22.8 Å². The van der Waals surface area contributed by atoms with Crippen LogP contribution in [0.25, 0.3) is 16.6 Å². The van der Waals surface area contributed by atoms with Gasteiger partial charge in [-0.1, -0.05) is 12.1 Å². The number of hydrogen-bond acceptors (Lipinski definition) is 9. The van der Waals surface area contributed by atoms with E-state index < -0.39 is 32.1 Å². The van der Waals surface area contributed by atoms with Crippen LogP contribution in [0.4, 0.5) is 5.69 Å². The number of sulfonamides is 2. The number of methoxy groups -OCH3 is 1. The molecule has 3 aromatic carbocycles. The van der Waals surface area contributed by atoms with E-state index in [1.165, 1.54) is 29.6 Å². The van der Waals surface area contributed by atoms with Gasteiger partial charge >= 0.3 is 5.97 Å². The van der Waals surface area contributed by atoms with Crippen LogP contribution in [-0.4, -0.2) is 81.4 Å². The van der Waals surface area contributed by atoms with Crippen molar-refractivity contribution < 1.29 is 36.6 Å². The molecule has 1 unspecified atom stereocenters. The summed E-state index contributed by atoms with van der Waals surface area (Å²) in [6, 6.07) is 18.1. The maximum Gasteiger partial charge on any atom is 0.338 e. The van der Waals surface area contributed by atoms with Crippen molar-refractivity contribution in [1.29, 1.82) is 0 Å². The number of anilines is 1. The second-order valence-electron chi connectivity index (χ2n) is 11.1. The van der Waals surface area contributed by atoms with Gasteiger partial charge in [0, 0.05) is 36.9 Å². The summed E-state index contributed by atoms with van der Waals surface area (Å²) in [5.41, 5.74) is 2.44. The van der Waals surface area contributed by atoms with Gasteiger partial charge in [0.2, 0.25) is 20.0 Å². The lowest BCUT2D eigenvalue weighted by atomic mass is 9.98. The lowest BCUT2D eigenvalue weighted by Crippen LogP contribution is -2.41. The number of esters is 1. The van der Waals surface area contributed by atoms with Gasteiger partial charge in [-0.3, -0.25) is 4.72 Å². The van der Waals surface area contributed by atoms with Crippen LogP contribution in [0.2, 0.25) is 0 Å². The van der Waals surface area contributed by atoms with E-state index in [0.29, 0.717) is 43.6 Å². The van der Waals surface area contributed by atoms with Crippen LogP contribution in [0.15, 0.2) is 77.8 Å². The van der Waals surface area contributed by atoms with E-state index in [1.807, 2.05) is 22.9 Å². The Morgan fingerprint density at radius 1 is 1.02 bits per heavy atom. The van der Waals surface area contributed by atoms with Gasteiger partial charge < -0.3 is 24.8 Å². The Kier molecular flexibility index (Phi) is 9.51. The molecular formula is C31H36N4O8S2. The summed E-state index contributed by atoms with van der Waals surface area (Å²) in [6.07, 6.45) is 3.17. The van der Waals surface area contributed by atoms with Crippen molar-refractivity contribution in [3.63, 3.8) is 0 Å². The second kappa shape index (κ2) is 13.2. The van der Waals surface area contributed by atoms with Crippen LogP contribution in [0, 0.1) is 5.92 Å². The minimum Gasteiger partial charge on any atom is -0.506 e. The number of fused-ring (bicyclic) bond motifs is 1. The van der Waals surface area contributed by atoms with E-state index >= 15 is 0 Å². The third-order valence-corrected chi connectivity index (χ3v) is 10.4. The van der Waals surface area contributed by atoms with Crippen LogP contribution in [0.3, 0.4) is 0 Å². The van der Waals surface area contributed by atoms with Crippen LogP contribution in [-0.2, 0) is 24.8 Å². The van der Waals surface area contributed by atoms with E-state index in [2.05, 4.69) is 10.0 Å². The number of aromatic nitrogens is 1. The minimum atomic E-state index is -3.69. The van der Waals surface area contributed by atoms with Gasteiger partial charge in [-0.25, -0.2) is 21.6 Å². The molecule has 45 heavy (non-hydrogen) atoms. The molecule has 14 heteroatoms. The Hall–Kier alpha value is -3.95. The highest BCUT2D eigenvalue weighted by Crippen LogP contribution is 2.29. The van der Waals surface area contributed by atoms with E-state index in [4.69, 9.17) is 4.74 Å². The number of piperidine rings is 1. The van der Waals surface area contributed by atoms with Crippen LogP contribution in [0.1, 0.15) is 34.9 Å². The van der Waals surface area contributed by atoms with E-state index in [-0.39, 0.29) is 28.8 Å². The number of benzene rings is 3. The first kappa shape index (κ1) is 32.4. The molecule has 12 nitrogen and oxygen atoms in total. The molecule has 1 saturated heterocycles. The molecule has 240 valence electrons. The summed E-state index contributed by atoms with van der Waals surface area (Å²) in [4.78, 5) is 12.3. The maximum atomic E-state index is 13.4. The smallest absolute Gasteiger partial charge is 0.338 e. The SMILES string of the molecule is COC(=O)c1cccc2c1ccn2-c1ccc(S(=O)(=O)N2CCC(CNCC(O)c3ccc(O)c(NS(C)(=O)=O)c3)CC2)cc1. The maximum absolute atomic E-state index is 13.4. The number of nitrogens with one attached hydrogen (secondary N) is 2. The number of aliphatic hydroxyl groups excluding tert-OH is 1. The van der Waals surface area contributed by atoms with Gasteiger partial charge in [0.05, 0.1) is 41.1 Å². The summed E-state index contributed by atoms with van der Waals surface area (Å²) in [5.74, 6) is -0.455. The summed E-state index contributed by atoms with van der Waals surface area (Å²) < 4.78 is 60.4. The molecule has 4 aromatic rings. The molecule has 0 radical (unpaired) electrons. The fraction of sp³-hybridized carbons (Fsp3) is 0.323. The fourth-order valence-corrected chi connectivity index (χ4v) is 7.58. The minimum absolute atomic E-state index is 0.00952. The van der Waals surface area contributed by atoms with Crippen molar-refractivity contribution in [3.8, 4) is 11.4 Å². The molecule has 1 aliphatic rings. The van der Waals surface area contributed by atoms with Crippen molar-refractivity contribution in [2.75, 3.05) is 44.3 Å². The molecule has 1 atom stereocenters. The molecule has 1 aliphatic heterocycles. The number of rotatable bonds is 11. The zero-order chi connectivity index (χ0) is 32.4. The number of nitrogens with zero attached hydrogens (tertiary/aromatic N) is 2. The third-order valence-electron chi connectivity index (χ3n) is 7.94. The molecule has 0 saturated carbocycles. The Labute approximate surface area is 262 Å². The summed E-state index contributed by atoms with van der Waals surface area (Å²) in [6.45, 7) is 1.52. The molecule has 0 spiro atoms. The van der Waals surface area contributed by atoms with Gasteiger partial charge in [-0.05, 0) is 85.5 Å². The van der Waals surface area contributed by atoms with Crippen LogP contribution in [0.5, 0.6) is 5.75 Å². The summed E-state index contributed by atoms with van der Waals surface area (Å²) >= 11 is 0. The number of ether oxygens (including phenoxy) is 1. The number of phenols is 1. The molecule has 0 aliphatic carbocycles. The number of hydrogen-bond donors (Lipinski definition) is 4. The lowest BCUT2D eigenvalue weighted by molar-refractivity contribution is 0.0603. The van der Waals surface area contributed by atoms with Crippen molar-refractivity contribution in [2.45, 2.75) is 23.8 Å². The van der Waals surface area contributed by atoms with E-state index in [9.17, 15) is 31.8 Å². The molecule has 5 rings (SSSR count). The zero-order valence-electron chi connectivity index (χ0n) is 24.9. The lowest BCUT2D eigenvalue weighted by Gasteiger charge is -2.31. The third kappa shape index (κ3) is 7.31. The van der Waals surface area contributed by atoms with Gasteiger partial charge in [0.25, 0.3) is 0 Å². The summed E-state index contributed by atoms with van der Waals surface area (Å²) in [5, 5.41) is 24.5. The first-order valence-corrected chi connectivity index (χ1v) is 17.7. The molecule has 0 amide bonds. The average Bonchev–Trinajstić information content (AvgIpc) is 3.46. The van der Waals surface area contributed by atoms with Crippen LogP contribution < -0.4 is 10.0 Å². The highest BCUT2D eigenvalue weighted by atomic mass is 32.2. The molecule has 4 N–H and O–H groups in total. The Balaban J connectivity index is 1.15. The van der Waals surface area contributed by atoms with Crippen molar-refractivity contribution in [1.82, 2.24) is 14.2 Å². The van der Waals surface area contributed by atoms with E-state index in [1.54, 1.807) is 36.4 Å². The van der Waals surface area contributed by atoms with Gasteiger partial charge in [-0.15, -0.1) is 0 Å². The predicted octanol–water partition coefficient (Wildman–Crippen LogP) is 3.22. The monoisotopic (exact) mass is 656 g/mol. The largest absolute Gasteiger partial charge is 0.506 e. The normalized spacial score (nSPS) is 15.6. The fourth-order valence-electron chi connectivity index (χ4n) is 5.55. The predicted molar refractivity (Wildman–Crippen MR) is 171 cm³/mol. The molecule has 1 aromatic heterocycles. The number of carbonyl (C=O) groups excluding carboxylic acids is 1. The highest BCUT2D eigenvalue weighted by molar-refractivity contribution is 7.92. The van der Waals surface area contributed by atoms with Gasteiger partial charge in [0.1, 0.15) is 5.75 Å². The molecule has 1 fully saturated rings. The quantitative estimate of drug-likeness (QED) is 0.140. The Morgan fingerprint density at radius 2 is 1.73 bits per heavy atom. The van der Waals surface area contributed by atoms with Crippen molar-refractivity contribution in [3.05, 3.63) is 84.1 Å². The second-order valence-corrected chi connectivity index (χ2v) is 14.8. The standard InChI is InChI=1S/C31H36N4O8S2/c1-43-31(38)26-4-3-5-28-25(26)14-17-35(28)23-7-9-24(10-8-23)45(41,42)34-15-12-21(13-16-34)19-32-20-30(37)22-6-11-29(36)27(18-22)33-44(2,39)40/h3-11,14,17-18,21,30,32-33,36-37H,12-13,15-16,19-20H2,1-2H3. The van der Waals surface area contributed by atoms with Crippen molar-refractivity contribution in [2.24, 2.45) is 5.92 Å². The molecule has 2 heterocycles. The first-order chi connectivity index (χ1) is 21.4. The van der Waals surface area contributed by atoms with Crippen LogP contribution >= 0.6 is 0 Å². The number of phenolic OH excluding ortho intramolecular Hbond substituents is 1. The van der Waals surface area contributed by atoms with Gasteiger partial charge in [0.15, 0.2) is 0 Å². The highest BCUT2D eigenvalue weighted by Gasteiger charge is 2.29. The Morgan fingerprint density at radius 3 is 2.40 bits per heavy atom. The number of aliphatic hydroxyl groups is 1. The topological polar surface area (TPSA) is 167 Å². The Bertz CT molecular complexity index is 1900. The average molecular weight is 657 g/mol. The summed E-state index contributed by atoms with van der Waals surface area (Å²) in [7, 11) is -5.95. The van der Waals surface area contributed by atoms with Crippen molar-refractivity contribution >= 4 is 42.6 Å². The first-order valence-electron chi connectivity index (χ1n) is 14.4. The molecule has 0 bridgehead atoms. The van der Waals surface area contributed by atoms with Gasteiger partial charge in [-0.2, -0.15) is 4.31 Å². The number of carbonyl (C=O) groups is 1. The zero-order valence-corrected chi connectivity index (χ0v) is 26.5.